The zero-order chi connectivity index (χ0) is 25.7. The first kappa shape index (κ1) is 23.3. The predicted molar refractivity (Wildman–Crippen MR) is 137 cm³/mol. The quantitative estimate of drug-likeness (QED) is 0.492. The van der Waals surface area contributed by atoms with Crippen LogP contribution in [0.3, 0.4) is 0 Å². The van der Waals surface area contributed by atoms with Crippen molar-refractivity contribution in [1.82, 2.24) is 30.3 Å². The lowest BCUT2D eigenvalue weighted by atomic mass is 9.77. The molecular formula is C26H29N7O4. The second-order valence-corrected chi connectivity index (χ2v) is 9.92. The third kappa shape index (κ3) is 3.86. The fourth-order valence-electron chi connectivity index (χ4n) is 5.70. The molecule has 0 aliphatic carbocycles. The largest absolute Gasteiger partial charge is 0.496 e. The number of carbonyl (C=O) groups is 2. The number of rotatable bonds is 4. The molecule has 11 nitrogen and oxygen atoms in total. The number of hydrazine groups is 1. The van der Waals surface area contributed by atoms with E-state index in [2.05, 4.69) is 20.9 Å². The smallest absolute Gasteiger partial charge is 0.266 e. The standard InChI is InChI=1S/C26H29N7O4/c1-16-20(15-33-22(29-16)12-23(34)30-33)24(35)31-8-5-26(6-9-31)7-10-32(25(26)36)18-3-4-19(21(11-18)37-2)17-13-27-28-14-17/h3-4,11-13,15,27-28H,5-10,14H2,1-2H3,(H,30,34). The summed E-state index contributed by atoms with van der Waals surface area (Å²) in [4.78, 5) is 46.7. The summed E-state index contributed by atoms with van der Waals surface area (Å²) < 4.78 is 7.12. The van der Waals surface area contributed by atoms with Crippen molar-refractivity contribution in [2.75, 3.05) is 38.2 Å². The van der Waals surface area contributed by atoms with Gasteiger partial charge in [0.05, 0.1) is 23.8 Å². The van der Waals surface area contributed by atoms with Gasteiger partial charge in [-0.25, -0.2) is 14.9 Å². The number of ether oxygens (including phenoxy) is 1. The van der Waals surface area contributed by atoms with E-state index in [1.54, 1.807) is 25.1 Å². The molecular weight excluding hydrogens is 474 g/mol. The van der Waals surface area contributed by atoms with Crippen molar-refractivity contribution < 1.29 is 14.3 Å². The number of hydrogen-bond donors (Lipinski definition) is 3. The van der Waals surface area contributed by atoms with Gasteiger partial charge < -0.3 is 20.0 Å². The number of amides is 2. The van der Waals surface area contributed by atoms with Crippen LogP contribution in [0.1, 0.15) is 40.9 Å². The molecule has 5 heterocycles. The first-order valence-electron chi connectivity index (χ1n) is 12.4. The van der Waals surface area contributed by atoms with Gasteiger partial charge in [-0.05, 0) is 43.9 Å². The Hall–Kier alpha value is -4.12. The molecule has 2 fully saturated rings. The first-order valence-corrected chi connectivity index (χ1v) is 12.4. The molecule has 3 aromatic rings. The van der Waals surface area contributed by atoms with E-state index in [1.165, 1.54) is 10.6 Å². The number of aromatic amines is 1. The van der Waals surface area contributed by atoms with Gasteiger partial charge in [-0.2, -0.15) is 0 Å². The van der Waals surface area contributed by atoms with E-state index in [0.717, 1.165) is 29.0 Å². The number of nitrogens with zero attached hydrogens (tertiary/aromatic N) is 4. The summed E-state index contributed by atoms with van der Waals surface area (Å²) in [5.74, 6) is 0.708. The monoisotopic (exact) mass is 503 g/mol. The topological polar surface area (TPSA) is 124 Å². The van der Waals surface area contributed by atoms with Crippen molar-refractivity contribution in [3.05, 3.63) is 63.8 Å². The maximum absolute atomic E-state index is 13.7. The molecule has 0 bridgehead atoms. The maximum Gasteiger partial charge on any atom is 0.266 e. The van der Waals surface area contributed by atoms with Gasteiger partial charge in [0, 0.05) is 62.0 Å². The van der Waals surface area contributed by atoms with Gasteiger partial charge in [0.1, 0.15) is 5.75 Å². The summed E-state index contributed by atoms with van der Waals surface area (Å²) in [7, 11) is 1.64. The second kappa shape index (κ2) is 8.77. The molecule has 11 heteroatoms. The zero-order valence-electron chi connectivity index (χ0n) is 20.8. The number of aryl methyl sites for hydroxylation is 1. The van der Waals surface area contributed by atoms with Gasteiger partial charge in [-0.1, -0.05) is 0 Å². The molecule has 0 unspecified atom stereocenters. The number of benzene rings is 1. The average Bonchev–Trinajstić information content (AvgIpc) is 3.63. The number of H-pyrrole nitrogens is 1. The second-order valence-electron chi connectivity index (χ2n) is 9.92. The van der Waals surface area contributed by atoms with E-state index in [1.807, 2.05) is 29.3 Å². The highest BCUT2D eigenvalue weighted by Gasteiger charge is 2.49. The Morgan fingerprint density at radius 2 is 1.89 bits per heavy atom. The van der Waals surface area contributed by atoms with Crippen LogP contribution in [0.15, 0.2) is 41.5 Å². The Balaban J connectivity index is 1.17. The number of nitrogens with one attached hydrogen (secondary N) is 3. The van der Waals surface area contributed by atoms with Crippen LogP contribution < -0.4 is 26.0 Å². The van der Waals surface area contributed by atoms with Crippen LogP contribution >= 0.6 is 0 Å². The third-order valence-electron chi connectivity index (χ3n) is 7.89. The Kier molecular flexibility index (Phi) is 5.52. The van der Waals surface area contributed by atoms with Crippen LogP contribution in [0, 0.1) is 12.3 Å². The zero-order valence-corrected chi connectivity index (χ0v) is 20.8. The Labute approximate surface area is 213 Å². The number of piperidine rings is 1. The number of anilines is 1. The maximum atomic E-state index is 13.7. The first-order chi connectivity index (χ1) is 17.9. The van der Waals surface area contributed by atoms with Crippen molar-refractivity contribution in [2.45, 2.75) is 26.2 Å². The predicted octanol–water partition coefficient (Wildman–Crippen LogP) is 1.45. The molecule has 3 N–H and O–H groups in total. The van der Waals surface area contributed by atoms with Crippen molar-refractivity contribution in [1.29, 1.82) is 0 Å². The minimum absolute atomic E-state index is 0.113. The summed E-state index contributed by atoms with van der Waals surface area (Å²) in [6.45, 7) is 4.10. The van der Waals surface area contributed by atoms with Gasteiger partial charge in [0.15, 0.2) is 5.65 Å². The lowest BCUT2D eigenvalue weighted by molar-refractivity contribution is -0.127. The molecule has 0 atom stereocenters. The van der Waals surface area contributed by atoms with E-state index in [9.17, 15) is 14.4 Å². The average molecular weight is 504 g/mol. The van der Waals surface area contributed by atoms with E-state index < -0.39 is 5.41 Å². The van der Waals surface area contributed by atoms with Crippen LogP contribution in [-0.4, -0.2) is 64.6 Å². The summed E-state index contributed by atoms with van der Waals surface area (Å²) >= 11 is 0. The molecule has 2 amide bonds. The lowest BCUT2D eigenvalue weighted by Gasteiger charge is -2.38. The van der Waals surface area contributed by atoms with Crippen LogP contribution in [0.2, 0.25) is 0 Å². The number of aromatic nitrogens is 3. The molecule has 1 spiro atoms. The van der Waals surface area contributed by atoms with Gasteiger partial charge in [-0.3, -0.25) is 19.5 Å². The Bertz CT molecular complexity index is 1500. The SMILES string of the molecule is COc1cc(N2CCC3(CCN(C(=O)c4cn5[nH]c(=O)cc5nc4C)CC3)C2=O)ccc1C1=CNNC1. The van der Waals surface area contributed by atoms with E-state index in [4.69, 9.17) is 4.74 Å². The van der Waals surface area contributed by atoms with Crippen LogP contribution in [0.5, 0.6) is 5.75 Å². The third-order valence-corrected chi connectivity index (χ3v) is 7.89. The van der Waals surface area contributed by atoms with Crippen LogP contribution in [-0.2, 0) is 4.79 Å². The van der Waals surface area contributed by atoms with Crippen molar-refractivity contribution in [3.63, 3.8) is 0 Å². The van der Waals surface area contributed by atoms with Crippen molar-refractivity contribution in [3.8, 4) is 5.75 Å². The van der Waals surface area contributed by atoms with E-state index in [0.29, 0.717) is 55.9 Å². The fraction of sp³-hybridized carbons (Fsp3) is 0.385. The number of methoxy groups -OCH3 is 1. The van der Waals surface area contributed by atoms with Gasteiger partial charge >= 0.3 is 0 Å². The molecule has 6 rings (SSSR count). The number of fused-ring (bicyclic) bond motifs is 1. The normalized spacial score (nSPS) is 19.0. The molecule has 0 saturated carbocycles. The van der Waals surface area contributed by atoms with Crippen LogP contribution in [0.4, 0.5) is 5.69 Å². The fourth-order valence-corrected chi connectivity index (χ4v) is 5.70. The highest BCUT2D eigenvalue weighted by molar-refractivity contribution is 6.01. The number of carbonyl (C=O) groups excluding carboxylic acids is 2. The highest BCUT2D eigenvalue weighted by Crippen LogP contribution is 2.44. The molecule has 1 aromatic carbocycles. The van der Waals surface area contributed by atoms with Gasteiger partial charge in [-0.15, -0.1) is 0 Å². The summed E-state index contributed by atoms with van der Waals surface area (Å²) in [6, 6.07) is 7.30. The van der Waals surface area contributed by atoms with Crippen LogP contribution in [0.25, 0.3) is 11.2 Å². The minimum atomic E-state index is -0.465. The summed E-state index contributed by atoms with van der Waals surface area (Å²) in [5.41, 5.74) is 9.74. The van der Waals surface area contributed by atoms with Gasteiger partial charge in [0.2, 0.25) is 5.91 Å². The molecule has 2 aromatic heterocycles. The van der Waals surface area contributed by atoms with E-state index in [-0.39, 0.29) is 17.4 Å². The number of likely N-dealkylation sites (tertiary alicyclic amines) is 1. The Morgan fingerprint density at radius 1 is 1.11 bits per heavy atom. The summed E-state index contributed by atoms with van der Waals surface area (Å²) in [5, 5.41) is 2.64. The molecule has 3 aliphatic rings. The van der Waals surface area contributed by atoms with Crippen molar-refractivity contribution >= 4 is 28.7 Å². The van der Waals surface area contributed by atoms with Crippen molar-refractivity contribution in [2.24, 2.45) is 5.41 Å². The van der Waals surface area contributed by atoms with Gasteiger partial charge in [0.25, 0.3) is 11.5 Å². The molecule has 0 radical (unpaired) electrons. The highest BCUT2D eigenvalue weighted by atomic mass is 16.5. The Morgan fingerprint density at radius 3 is 2.62 bits per heavy atom. The molecule has 37 heavy (non-hydrogen) atoms. The minimum Gasteiger partial charge on any atom is -0.496 e. The van der Waals surface area contributed by atoms with E-state index >= 15 is 0 Å². The molecule has 3 aliphatic heterocycles. The molecule has 192 valence electrons. The summed E-state index contributed by atoms with van der Waals surface area (Å²) in [6.07, 6.45) is 5.52. The number of hydrogen-bond acceptors (Lipinski definition) is 7. The lowest BCUT2D eigenvalue weighted by Crippen LogP contribution is -2.47. The molecule has 2 saturated heterocycles.